The van der Waals surface area contributed by atoms with E-state index >= 15 is 0 Å². The summed E-state index contributed by atoms with van der Waals surface area (Å²) < 4.78 is 0. The third-order valence-electron chi connectivity index (χ3n) is 6.96. The molecule has 1 aromatic carbocycles. The van der Waals surface area contributed by atoms with Crippen molar-refractivity contribution < 1.29 is 4.79 Å². The molecule has 2 atom stereocenters. The molecule has 0 radical (unpaired) electrons. The molecule has 1 aromatic rings. The van der Waals surface area contributed by atoms with Crippen molar-refractivity contribution in [1.82, 2.24) is 4.90 Å². The van der Waals surface area contributed by atoms with Gasteiger partial charge in [-0.3, -0.25) is 4.79 Å². The average molecular weight is 341 g/mol. The van der Waals surface area contributed by atoms with Gasteiger partial charge in [-0.15, -0.1) is 0 Å². The minimum Gasteiger partial charge on any atom is -0.335 e. The van der Waals surface area contributed by atoms with Crippen LogP contribution >= 0.6 is 0 Å². The van der Waals surface area contributed by atoms with Gasteiger partial charge >= 0.3 is 0 Å². The van der Waals surface area contributed by atoms with Gasteiger partial charge in [0.05, 0.1) is 0 Å². The minimum absolute atomic E-state index is 0.210. The number of amides is 1. The fourth-order valence-electron chi connectivity index (χ4n) is 5.10. The Bertz CT molecular complexity index is 637. The zero-order chi connectivity index (χ0) is 17.6. The number of fused-ring (bicyclic) bond motifs is 2. The number of carbonyl (C=O) groups is 1. The lowest BCUT2D eigenvalue weighted by Crippen LogP contribution is -2.50. The van der Waals surface area contributed by atoms with Crippen LogP contribution in [0.1, 0.15) is 61.6 Å². The maximum absolute atomic E-state index is 13.4. The first-order chi connectivity index (χ1) is 12.0. The van der Waals surface area contributed by atoms with Crippen LogP contribution in [0.2, 0.25) is 0 Å². The van der Waals surface area contributed by atoms with Crippen molar-refractivity contribution in [1.29, 1.82) is 0 Å². The van der Waals surface area contributed by atoms with Crippen molar-refractivity contribution >= 4 is 5.91 Å². The molecule has 0 heterocycles. The molecule has 0 spiro atoms. The highest BCUT2D eigenvalue weighted by Gasteiger charge is 2.43. The Kier molecular flexibility index (Phi) is 4.61. The molecule has 2 bridgehead atoms. The fraction of sp³-hybridized carbons (Fsp3) is 0.682. The summed E-state index contributed by atoms with van der Waals surface area (Å²) in [4.78, 5) is 15.6. The van der Waals surface area contributed by atoms with E-state index in [-0.39, 0.29) is 5.92 Å². The van der Waals surface area contributed by atoms with Crippen LogP contribution in [0.3, 0.4) is 0 Å². The van der Waals surface area contributed by atoms with Gasteiger partial charge in [0.25, 0.3) is 0 Å². The molecule has 3 aliphatic carbocycles. The second-order valence-electron chi connectivity index (χ2n) is 8.81. The van der Waals surface area contributed by atoms with Gasteiger partial charge in [-0.1, -0.05) is 24.6 Å². The monoisotopic (exact) mass is 340 g/mol. The van der Waals surface area contributed by atoms with Crippen LogP contribution in [0, 0.1) is 31.6 Å². The maximum atomic E-state index is 13.4. The van der Waals surface area contributed by atoms with Crippen LogP contribution in [0.5, 0.6) is 0 Å². The molecular weight excluding hydrogens is 308 g/mol. The number of nitrogens with zero attached hydrogens (tertiary/aromatic N) is 1. The Balaban J connectivity index is 1.49. The molecule has 4 rings (SSSR count). The van der Waals surface area contributed by atoms with E-state index in [4.69, 9.17) is 5.73 Å². The average Bonchev–Trinajstić information content (AvgIpc) is 3.40. The van der Waals surface area contributed by atoms with E-state index in [0.717, 1.165) is 19.4 Å². The highest BCUT2D eigenvalue weighted by molar-refractivity contribution is 5.79. The lowest BCUT2D eigenvalue weighted by Gasteiger charge is -2.44. The molecule has 2 N–H and O–H groups in total. The molecule has 25 heavy (non-hydrogen) atoms. The molecule has 0 aromatic heterocycles. The highest BCUT2D eigenvalue weighted by Crippen LogP contribution is 2.43. The van der Waals surface area contributed by atoms with E-state index < -0.39 is 0 Å². The first-order valence-corrected chi connectivity index (χ1v) is 10.1. The van der Waals surface area contributed by atoms with Crippen LogP contribution < -0.4 is 5.73 Å². The Labute approximate surface area is 152 Å². The van der Waals surface area contributed by atoms with Crippen molar-refractivity contribution in [3.05, 3.63) is 34.9 Å². The standard InChI is InChI=1S/C22H32N2O/c1-14-6-7-16(10-15(14)2)13-24(20-8-9-20)22(25)19-11-17-4-3-5-18(12-19)21(17)23/h6-7,10,17-21H,3-5,8-9,11-13,23H2,1-2H3. The number of rotatable bonds is 4. The number of carbonyl (C=O) groups excluding carboxylic acids is 1. The van der Waals surface area contributed by atoms with Crippen molar-refractivity contribution in [2.45, 2.75) is 77.4 Å². The molecule has 0 saturated heterocycles. The van der Waals surface area contributed by atoms with Crippen LogP contribution in [0.4, 0.5) is 0 Å². The second-order valence-corrected chi connectivity index (χ2v) is 8.81. The summed E-state index contributed by atoms with van der Waals surface area (Å²) in [5, 5.41) is 0. The molecule has 3 aliphatic rings. The third kappa shape index (κ3) is 3.48. The zero-order valence-corrected chi connectivity index (χ0v) is 15.7. The van der Waals surface area contributed by atoms with Crippen LogP contribution in [0.15, 0.2) is 18.2 Å². The molecule has 3 fully saturated rings. The molecule has 1 amide bonds. The smallest absolute Gasteiger partial charge is 0.226 e. The van der Waals surface area contributed by atoms with Crippen molar-refractivity contribution in [3.63, 3.8) is 0 Å². The second kappa shape index (κ2) is 6.75. The maximum Gasteiger partial charge on any atom is 0.226 e. The lowest BCUT2D eigenvalue weighted by molar-refractivity contribution is -0.140. The van der Waals surface area contributed by atoms with E-state index in [2.05, 4.69) is 36.9 Å². The summed E-state index contributed by atoms with van der Waals surface area (Å²) in [5.74, 6) is 1.76. The third-order valence-corrected chi connectivity index (χ3v) is 6.96. The van der Waals surface area contributed by atoms with Gasteiger partial charge in [-0.25, -0.2) is 0 Å². The van der Waals surface area contributed by atoms with Gasteiger partial charge in [-0.2, -0.15) is 0 Å². The summed E-state index contributed by atoms with van der Waals surface area (Å²) in [7, 11) is 0. The van der Waals surface area contributed by atoms with E-state index in [0.29, 0.717) is 29.8 Å². The van der Waals surface area contributed by atoms with Gasteiger partial charge in [0, 0.05) is 24.5 Å². The van der Waals surface area contributed by atoms with Gasteiger partial charge in [0.15, 0.2) is 0 Å². The summed E-state index contributed by atoms with van der Waals surface area (Å²) >= 11 is 0. The van der Waals surface area contributed by atoms with Gasteiger partial charge in [0.1, 0.15) is 0 Å². The number of nitrogens with two attached hydrogens (primary N) is 1. The quantitative estimate of drug-likeness (QED) is 0.902. The highest BCUT2D eigenvalue weighted by atomic mass is 16.2. The summed E-state index contributed by atoms with van der Waals surface area (Å²) in [5.41, 5.74) is 10.3. The number of hydrogen-bond donors (Lipinski definition) is 1. The number of hydrogen-bond acceptors (Lipinski definition) is 2. The van der Waals surface area contributed by atoms with Crippen LogP contribution in [-0.2, 0) is 11.3 Å². The van der Waals surface area contributed by atoms with Crippen LogP contribution in [0.25, 0.3) is 0 Å². The van der Waals surface area contributed by atoms with Gasteiger partial charge < -0.3 is 10.6 Å². The van der Waals surface area contributed by atoms with Crippen molar-refractivity contribution in [3.8, 4) is 0 Å². The SMILES string of the molecule is Cc1ccc(CN(C(=O)C2CC3CCCC(C2)C3N)C2CC2)cc1C. The molecule has 136 valence electrons. The van der Waals surface area contributed by atoms with Crippen molar-refractivity contribution in [2.75, 3.05) is 0 Å². The van der Waals surface area contributed by atoms with E-state index in [1.807, 2.05) is 0 Å². The normalized spacial score (nSPS) is 31.6. The number of benzene rings is 1. The topological polar surface area (TPSA) is 46.3 Å². The zero-order valence-electron chi connectivity index (χ0n) is 15.7. The Hall–Kier alpha value is -1.35. The lowest BCUT2D eigenvalue weighted by atomic mass is 9.65. The Morgan fingerprint density at radius 1 is 1.08 bits per heavy atom. The summed E-state index contributed by atoms with van der Waals surface area (Å²) in [6, 6.07) is 7.45. The summed E-state index contributed by atoms with van der Waals surface area (Å²) in [6.45, 7) is 5.08. The Morgan fingerprint density at radius 3 is 2.36 bits per heavy atom. The summed E-state index contributed by atoms with van der Waals surface area (Å²) in [6.07, 6.45) is 8.15. The fourth-order valence-corrected chi connectivity index (χ4v) is 5.10. The molecular formula is C22H32N2O. The van der Waals surface area contributed by atoms with E-state index in [9.17, 15) is 4.79 Å². The first-order valence-electron chi connectivity index (χ1n) is 10.1. The molecule has 2 unspecified atom stereocenters. The van der Waals surface area contributed by atoms with Gasteiger partial charge in [-0.05, 0) is 80.9 Å². The predicted molar refractivity (Wildman–Crippen MR) is 101 cm³/mol. The first kappa shape index (κ1) is 17.1. The number of aryl methyl sites for hydroxylation is 2. The minimum atomic E-state index is 0.210. The molecule has 3 saturated carbocycles. The largest absolute Gasteiger partial charge is 0.335 e. The van der Waals surface area contributed by atoms with Crippen molar-refractivity contribution in [2.24, 2.45) is 23.5 Å². The molecule has 0 aliphatic heterocycles. The van der Waals surface area contributed by atoms with E-state index in [1.165, 1.54) is 48.8 Å². The van der Waals surface area contributed by atoms with Crippen LogP contribution in [-0.4, -0.2) is 22.9 Å². The van der Waals surface area contributed by atoms with Gasteiger partial charge in [0.2, 0.25) is 5.91 Å². The van der Waals surface area contributed by atoms with E-state index in [1.54, 1.807) is 0 Å². The predicted octanol–water partition coefficient (Wildman–Crippen LogP) is 3.95. The molecule has 3 heteroatoms. The Morgan fingerprint density at radius 2 is 1.76 bits per heavy atom. The molecule has 3 nitrogen and oxygen atoms in total.